The highest BCUT2D eigenvalue weighted by Gasteiger charge is 2.69. The van der Waals surface area contributed by atoms with Gasteiger partial charge in [-0.3, -0.25) is 19.2 Å². The number of sulfone groups is 1. The van der Waals surface area contributed by atoms with Crippen LogP contribution in [-0.4, -0.2) is 91.1 Å². The van der Waals surface area contributed by atoms with Crippen LogP contribution in [0.2, 0.25) is 0 Å². The van der Waals surface area contributed by atoms with Crippen molar-refractivity contribution >= 4 is 39.4 Å². The maximum Gasteiger partial charge on any atom is 0.315 e. The van der Waals surface area contributed by atoms with E-state index in [1.807, 2.05) is 27.7 Å². The van der Waals surface area contributed by atoms with Gasteiger partial charge in [0.15, 0.2) is 9.84 Å². The van der Waals surface area contributed by atoms with Gasteiger partial charge in [0, 0.05) is 13.1 Å². The van der Waals surface area contributed by atoms with E-state index in [0.29, 0.717) is 32.2 Å². The van der Waals surface area contributed by atoms with Crippen molar-refractivity contribution < 1.29 is 32.4 Å². The molecule has 0 aromatic carbocycles. The van der Waals surface area contributed by atoms with Gasteiger partial charge in [-0.15, -0.1) is 6.58 Å². The maximum atomic E-state index is 13.9. The maximum absolute atomic E-state index is 13.9. The minimum Gasteiger partial charge on any atom is -0.346 e. The van der Waals surface area contributed by atoms with Gasteiger partial charge in [0.25, 0.3) is 5.91 Å². The van der Waals surface area contributed by atoms with Crippen LogP contribution in [0, 0.1) is 29.1 Å². The Balaban J connectivity index is 1.43. The lowest BCUT2D eigenvalue weighted by atomic mass is 9.83. The van der Waals surface area contributed by atoms with E-state index in [1.54, 1.807) is 6.92 Å². The van der Waals surface area contributed by atoms with Gasteiger partial charge in [0.1, 0.15) is 12.1 Å². The molecular formula is C34H55N5O7S. The van der Waals surface area contributed by atoms with Crippen LogP contribution in [0.1, 0.15) is 92.4 Å². The van der Waals surface area contributed by atoms with E-state index in [1.165, 1.54) is 11.0 Å². The highest BCUT2D eigenvalue weighted by atomic mass is 32.2. The summed E-state index contributed by atoms with van der Waals surface area (Å²) >= 11 is 0. The highest BCUT2D eigenvalue weighted by Crippen LogP contribution is 2.65. The monoisotopic (exact) mass is 677 g/mol. The highest BCUT2D eigenvalue weighted by molar-refractivity contribution is 7.91. The normalized spacial score (nSPS) is 25.6. The van der Waals surface area contributed by atoms with Crippen LogP contribution >= 0.6 is 0 Å². The van der Waals surface area contributed by atoms with Crippen LogP contribution in [0.15, 0.2) is 12.7 Å². The molecule has 5 amide bonds. The van der Waals surface area contributed by atoms with Gasteiger partial charge in [0.2, 0.25) is 17.6 Å². The molecule has 4 aliphatic rings. The van der Waals surface area contributed by atoms with Crippen molar-refractivity contribution in [2.45, 2.75) is 116 Å². The number of fused-ring (bicyclic) bond motifs is 1. The van der Waals surface area contributed by atoms with Crippen LogP contribution in [0.5, 0.6) is 0 Å². The average molecular weight is 678 g/mol. The minimum absolute atomic E-state index is 0.0638. The zero-order valence-electron chi connectivity index (χ0n) is 28.7. The number of urea groups is 1. The summed E-state index contributed by atoms with van der Waals surface area (Å²) in [7, 11) is -3.41. The topological polar surface area (TPSA) is 171 Å². The number of Topliss-reactive ketones (excluding diaryl/α,β-unsaturated/α-hetero) is 1. The third kappa shape index (κ3) is 9.14. The van der Waals surface area contributed by atoms with Crippen molar-refractivity contribution in [1.29, 1.82) is 0 Å². The molecule has 0 aromatic heterocycles. The second-order valence-electron chi connectivity index (χ2n) is 15.4. The molecule has 4 N–H and O–H groups in total. The van der Waals surface area contributed by atoms with E-state index >= 15 is 0 Å². The molecule has 0 radical (unpaired) electrons. The first-order valence-electron chi connectivity index (χ1n) is 17.3. The van der Waals surface area contributed by atoms with Crippen molar-refractivity contribution in [2.75, 3.05) is 24.6 Å². The number of piperidine rings is 1. The number of carbonyl (C=O) groups is 5. The Bertz CT molecular complexity index is 1340. The Kier molecular flexibility index (Phi) is 11.5. The van der Waals surface area contributed by atoms with Crippen molar-refractivity contribution in [1.82, 2.24) is 26.2 Å². The zero-order valence-corrected chi connectivity index (χ0v) is 29.5. The number of carbonyl (C=O) groups excluding carboxylic acids is 5. The van der Waals surface area contributed by atoms with Crippen molar-refractivity contribution in [3.05, 3.63) is 12.7 Å². The first-order valence-corrected chi connectivity index (χ1v) is 19.2. The molecule has 1 heterocycles. The van der Waals surface area contributed by atoms with Gasteiger partial charge < -0.3 is 26.2 Å². The molecule has 3 unspecified atom stereocenters. The average Bonchev–Trinajstić information content (AvgIpc) is 3.85. The first kappa shape index (κ1) is 36.9. The summed E-state index contributed by atoms with van der Waals surface area (Å²) in [6, 6.07) is -3.45. The Morgan fingerprint density at radius 3 is 2.26 bits per heavy atom. The molecule has 3 aliphatic carbocycles. The van der Waals surface area contributed by atoms with E-state index in [9.17, 15) is 32.4 Å². The van der Waals surface area contributed by atoms with E-state index in [2.05, 4.69) is 27.8 Å². The standard InChI is InChI=1S/C34H55N5O7S/c1-7-16-35-30(42)28(40)25(18-23-11-12-23)37-29(41)27-26-24(33(26,5)6)19-39(27)31(43)22(4)36-32(44)38-34(14-9-8-10-15-34)20-47(45,46)17-13-21(2)3/h7,21-27H,1,8-20H2,2-6H3,(H,35,42)(H,37,41)(H2,36,38,44)/t22-,24?,25?,26?,27-/m0/s1. The lowest BCUT2D eigenvalue weighted by molar-refractivity contribution is -0.143. The number of nitrogens with zero attached hydrogens (tertiary/aromatic N) is 1. The molecular weight excluding hydrogens is 622 g/mol. The van der Waals surface area contributed by atoms with E-state index in [0.717, 1.165) is 32.1 Å². The lowest BCUT2D eigenvalue weighted by Gasteiger charge is -2.38. The zero-order chi connectivity index (χ0) is 34.7. The Hall–Kier alpha value is -2.96. The molecule has 13 heteroatoms. The molecule has 5 atom stereocenters. The lowest BCUT2D eigenvalue weighted by Crippen LogP contribution is -2.61. The summed E-state index contributed by atoms with van der Waals surface area (Å²) in [4.78, 5) is 68.0. The number of nitrogens with one attached hydrogen (secondary N) is 4. The summed E-state index contributed by atoms with van der Waals surface area (Å²) in [5, 5.41) is 11.0. The summed E-state index contributed by atoms with van der Waals surface area (Å²) in [5.74, 6) is -2.03. The number of likely N-dealkylation sites (tertiary alicyclic amines) is 1. The molecule has 47 heavy (non-hydrogen) atoms. The number of amides is 5. The van der Waals surface area contributed by atoms with Gasteiger partial charge in [-0.05, 0) is 61.7 Å². The third-order valence-corrected chi connectivity index (χ3v) is 12.5. The van der Waals surface area contributed by atoms with Gasteiger partial charge in [-0.2, -0.15) is 0 Å². The first-order chi connectivity index (χ1) is 22.0. The number of ketones is 1. The van der Waals surface area contributed by atoms with Crippen LogP contribution in [0.4, 0.5) is 4.79 Å². The Morgan fingerprint density at radius 1 is 1.00 bits per heavy atom. The number of rotatable bonds is 16. The molecule has 0 spiro atoms. The predicted molar refractivity (Wildman–Crippen MR) is 179 cm³/mol. The van der Waals surface area contributed by atoms with Crippen LogP contribution < -0.4 is 21.3 Å². The summed E-state index contributed by atoms with van der Waals surface area (Å²) in [6.45, 7) is 13.6. The predicted octanol–water partition coefficient (Wildman–Crippen LogP) is 2.48. The molecule has 1 saturated heterocycles. The van der Waals surface area contributed by atoms with Gasteiger partial charge in [-0.25, -0.2) is 13.2 Å². The molecule has 12 nitrogen and oxygen atoms in total. The smallest absolute Gasteiger partial charge is 0.315 e. The molecule has 0 bridgehead atoms. The fourth-order valence-electron chi connectivity index (χ4n) is 7.63. The van der Waals surface area contributed by atoms with E-state index < -0.39 is 63.0 Å². The SMILES string of the molecule is C=CCNC(=O)C(=O)C(CC1CC1)NC(=O)[C@@H]1C2C(CN1C(=O)[C@H](C)NC(=O)NC1(CS(=O)(=O)CCC(C)C)CCCCC1)C2(C)C. The van der Waals surface area contributed by atoms with Gasteiger partial charge in [-0.1, -0.05) is 65.9 Å². The van der Waals surface area contributed by atoms with Gasteiger partial charge >= 0.3 is 6.03 Å². The van der Waals surface area contributed by atoms with Crippen LogP contribution in [0.25, 0.3) is 0 Å². The molecule has 3 saturated carbocycles. The minimum atomic E-state index is -3.41. The van der Waals surface area contributed by atoms with Gasteiger partial charge in [0.05, 0.1) is 23.1 Å². The molecule has 4 rings (SSSR count). The fraction of sp³-hybridized carbons (Fsp3) is 0.794. The second-order valence-corrected chi connectivity index (χ2v) is 17.6. The Morgan fingerprint density at radius 2 is 1.66 bits per heavy atom. The van der Waals surface area contributed by atoms with Crippen molar-refractivity contribution in [3.8, 4) is 0 Å². The molecule has 4 fully saturated rings. The number of hydrogen-bond donors (Lipinski definition) is 4. The molecule has 264 valence electrons. The largest absolute Gasteiger partial charge is 0.346 e. The second kappa shape index (κ2) is 14.7. The summed E-state index contributed by atoms with van der Waals surface area (Å²) in [5.41, 5.74) is -1.08. The summed E-state index contributed by atoms with van der Waals surface area (Å²) < 4.78 is 26.1. The van der Waals surface area contributed by atoms with Crippen molar-refractivity contribution in [2.24, 2.45) is 29.1 Å². The van der Waals surface area contributed by atoms with Crippen LogP contribution in [0.3, 0.4) is 0 Å². The Labute approximate surface area is 279 Å². The molecule has 0 aromatic rings. The third-order valence-electron chi connectivity index (χ3n) is 10.7. The fourth-order valence-corrected chi connectivity index (χ4v) is 9.80. The van der Waals surface area contributed by atoms with Crippen LogP contribution in [-0.2, 0) is 29.0 Å². The quantitative estimate of drug-likeness (QED) is 0.144. The van der Waals surface area contributed by atoms with E-state index in [-0.39, 0.29) is 47.1 Å². The van der Waals surface area contributed by atoms with Crippen molar-refractivity contribution in [3.63, 3.8) is 0 Å². The summed E-state index contributed by atoms with van der Waals surface area (Å²) in [6.07, 6.45) is 7.90. The molecule has 1 aliphatic heterocycles. The van der Waals surface area contributed by atoms with E-state index in [4.69, 9.17) is 0 Å². The number of hydrogen-bond acceptors (Lipinski definition) is 7.